The molecule has 1 amide bonds. The van der Waals surface area contributed by atoms with E-state index in [9.17, 15) is 9.59 Å². The van der Waals surface area contributed by atoms with Gasteiger partial charge in [0.25, 0.3) is 0 Å². The molecule has 2 rings (SSSR count). The van der Waals surface area contributed by atoms with Crippen molar-refractivity contribution in [2.45, 2.75) is 85.3 Å². The Balaban J connectivity index is 2.55. The van der Waals surface area contributed by atoms with Gasteiger partial charge in [0.1, 0.15) is 11.5 Å². The maximum atomic E-state index is 13.3. The molecule has 6 heteroatoms. The minimum Gasteiger partial charge on any atom is -0.493 e. The summed E-state index contributed by atoms with van der Waals surface area (Å²) in [5.74, 6) is 2.75. The van der Waals surface area contributed by atoms with Crippen LogP contribution in [0.5, 0.6) is 17.2 Å². The molecule has 0 radical (unpaired) electrons. The molecule has 0 aromatic heterocycles. The van der Waals surface area contributed by atoms with Crippen LogP contribution in [0.25, 0.3) is 0 Å². The standard InChI is InChI=1S/C29H41NO4S/c1-19(2)30(27(32)28(4,5)6)23-12-14-24(22(17-23)18-35-29(7,8)9)34-26-16-21(15-20(3)31)11-13-25(26)33-10/h11-14,16-17,19H,15,18H2,1-10H3. The van der Waals surface area contributed by atoms with Gasteiger partial charge in [0.2, 0.25) is 5.91 Å². The van der Waals surface area contributed by atoms with Gasteiger partial charge in [0, 0.05) is 39.6 Å². The van der Waals surface area contributed by atoms with E-state index >= 15 is 0 Å². The molecule has 0 bridgehead atoms. The number of Topliss-reactive ketones (excluding diaryl/α,β-unsaturated/α-hetero) is 1. The third-order valence-corrected chi connectivity index (χ3v) is 6.58. The molecular weight excluding hydrogens is 458 g/mol. The topological polar surface area (TPSA) is 55.8 Å². The van der Waals surface area contributed by atoms with Gasteiger partial charge in [0.15, 0.2) is 11.5 Å². The summed E-state index contributed by atoms with van der Waals surface area (Å²) in [5, 5.41) is 0. The summed E-state index contributed by atoms with van der Waals surface area (Å²) in [4.78, 5) is 26.8. The number of methoxy groups -OCH3 is 1. The lowest BCUT2D eigenvalue weighted by Gasteiger charge is -2.33. The highest BCUT2D eigenvalue weighted by molar-refractivity contribution is 7.99. The quantitative estimate of drug-likeness (QED) is 0.359. The maximum Gasteiger partial charge on any atom is 0.232 e. The van der Waals surface area contributed by atoms with Crippen LogP contribution in [-0.2, 0) is 21.8 Å². The highest BCUT2D eigenvalue weighted by Gasteiger charge is 2.30. The molecular formula is C29H41NO4S. The van der Waals surface area contributed by atoms with E-state index in [4.69, 9.17) is 9.47 Å². The number of benzene rings is 2. The van der Waals surface area contributed by atoms with Crippen molar-refractivity contribution in [2.75, 3.05) is 12.0 Å². The number of ketones is 1. The first-order valence-corrected chi connectivity index (χ1v) is 13.1. The summed E-state index contributed by atoms with van der Waals surface area (Å²) in [5.41, 5.74) is 2.23. The Morgan fingerprint density at radius 3 is 2.09 bits per heavy atom. The first kappa shape index (κ1) is 28.8. The molecule has 0 saturated heterocycles. The van der Waals surface area contributed by atoms with Gasteiger partial charge in [0.05, 0.1) is 7.11 Å². The van der Waals surface area contributed by atoms with Crippen molar-refractivity contribution in [2.24, 2.45) is 5.41 Å². The number of anilines is 1. The number of ether oxygens (including phenoxy) is 2. The lowest BCUT2D eigenvalue weighted by Crippen LogP contribution is -2.43. The van der Waals surface area contributed by atoms with Gasteiger partial charge in [-0.15, -0.1) is 0 Å². The van der Waals surface area contributed by atoms with Crippen molar-refractivity contribution in [1.82, 2.24) is 0 Å². The maximum absolute atomic E-state index is 13.3. The number of carbonyl (C=O) groups excluding carboxylic acids is 2. The van der Waals surface area contributed by atoms with Gasteiger partial charge < -0.3 is 14.4 Å². The highest BCUT2D eigenvalue weighted by Crippen LogP contribution is 2.39. The number of hydrogen-bond acceptors (Lipinski definition) is 5. The zero-order valence-electron chi connectivity index (χ0n) is 22.9. The second-order valence-electron chi connectivity index (χ2n) is 11.2. The van der Waals surface area contributed by atoms with E-state index in [2.05, 4.69) is 26.8 Å². The van der Waals surface area contributed by atoms with Crippen LogP contribution in [-0.4, -0.2) is 29.6 Å². The van der Waals surface area contributed by atoms with E-state index in [1.807, 2.05) is 81.6 Å². The van der Waals surface area contributed by atoms with Crippen molar-refractivity contribution >= 4 is 29.1 Å². The first-order chi connectivity index (χ1) is 16.1. The summed E-state index contributed by atoms with van der Waals surface area (Å²) in [6, 6.07) is 11.5. The monoisotopic (exact) mass is 499 g/mol. The third kappa shape index (κ3) is 8.31. The van der Waals surface area contributed by atoms with Crippen molar-refractivity contribution in [3.63, 3.8) is 0 Å². The molecule has 0 aliphatic rings. The van der Waals surface area contributed by atoms with Crippen LogP contribution in [0, 0.1) is 5.41 Å². The van der Waals surface area contributed by atoms with Crippen LogP contribution in [0.1, 0.15) is 73.4 Å². The Kier molecular flexibility index (Phi) is 9.46. The molecule has 0 heterocycles. The van der Waals surface area contributed by atoms with E-state index in [0.717, 1.165) is 22.6 Å². The molecule has 2 aromatic rings. The minimum absolute atomic E-state index is 0.0139. The van der Waals surface area contributed by atoms with E-state index in [1.165, 1.54) is 0 Å². The molecule has 0 spiro atoms. The number of amides is 1. The predicted molar refractivity (Wildman–Crippen MR) is 147 cm³/mol. The van der Waals surface area contributed by atoms with Gasteiger partial charge in [-0.2, -0.15) is 11.8 Å². The van der Waals surface area contributed by atoms with E-state index in [0.29, 0.717) is 23.7 Å². The normalized spacial score (nSPS) is 12.0. The number of rotatable bonds is 9. The molecule has 0 aliphatic carbocycles. The fourth-order valence-corrected chi connectivity index (χ4v) is 4.36. The Morgan fingerprint density at radius 1 is 0.943 bits per heavy atom. The second kappa shape index (κ2) is 11.5. The Bertz CT molecular complexity index is 1050. The number of carbonyl (C=O) groups is 2. The highest BCUT2D eigenvalue weighted by atomic mass is 32.2. The average Bonchev–Trinajstić information content (AvgIpc) is 2.72. The van der Waals surface area contributed by atoms with Crippen molar-refractivity contribution in [3.05, 3.63) is 47.5 Å². The molecule has 0 N–H and O–H groups in total. The smallest absolute Gasteiger partial charge is 0.232 e. The molecule has 192 valence electrons. The lowest BCUT2D eigenvalue weighted by atomic mass is 9.93. The van der Waals surface area contributed by atoms with Crippen molar-refractivity contribution < 1.29 is 19.1 Å². The number of hydrogen-bond donors (Lipinski definition) is 0. The van der Waals surface area contributed by atoms with Gasteiger partial charge in [-0.05, 0) is 56.7 Å². The average molecular weight is 500 g/mol. The summed E-state index contributed by atoms with van der Waals surface area (Å²) in [6.07, 6.45) is 0.338. The SMILES string of the molecule is COc1ccc(CC(C)=O)cc1Oc1ccc(N(C(=O)C(C)(C)C)C(C)C)cc1CSC(C)(C)C. The van der Waals surface area contributed by atoms with Crippen molar-refractivity contribution in [1.29, 1.82) is 0 Å². The van der Waals surface area contributed by atoms with Crippen LogP contribution in [0.3, 0.4) is 0 Å². The zero-order valence-corrected chi connectivity index (χ0v) is 23.8. The van der Waals surface area contributed by atoms with Gasteiger partial charge in [-0.1, -0.05) is 47.6 Å². The number of nitrogens with zero attached hydrogens (tertiary/aromatic N) is 1. The molecule has 0 unspecified atom stereocenters. The summed E-state index contributed by atoms with van der Waals surface area (Å²) >= 11 is 1.82. The molecule has 0 fully saturated rings. The van der Waals surface area contributed by atoms with Crippen LogP contribution in [0.15, 0.2) is 36.4 Å². The zero-order chi connectivity index (χ0) is 26.6. The predicted octanol–water partition coefficient (Wildman–Crippen LogP) is 7.44. The Hall–Kier alpha value is -2.47. The Morgan fingerprint density at radius 2 is 1.57 bits per heavy atom. The van der Waals surface area contributed by atoms with Crippen LogP contribution in [0.2, 0.25) is 0 Å². The molecule has 2 aromatic carbocycles. The molecule has 0 saturated carbocycles. The number of thioether (sulfide) groups is 1. The fourth-order valence-electron chi connectivity index (χ4n) is 3.55. The summed E-state index contributed by atoms with van der Waals surface area (Å²) in [7, 11) is 1.60. The van der Waals surface area contributed by atoms with Gasteiger partial charge >= 0.3 is 0 Å². The van der Waals surface area contributed by atoms with Crippen LogP contribution in [0.4, 0.5) is 5.69 Å². The Labute approximate surface area is 215 Å². The van der Waals surface area contributed by atoms with E-state index in [1.54, 1.807) is 14.0 Å². The van der Waals surface area contributed by atoms with Crippen LogP contribution < -0.4 is 14.4 Å². The van der Waals surface area contributed by atoms with Crippen molar-refractivity contribution in [3.8, 4) is 17.2 Å². The first-order valence-electron chi connectivity index (χ1n) is 12.1. The van der Waals surface area contributed by atoms with E-state index in [-0.39, 0.29) is 22.5 Å². The van der Waals surface area contributed by atoms with Gasteiger partial charge in [-0.25, -0.2) is 0 Å². The second-order valence-corrected chi connectivity index (χ2v) is 13.0. The fraction of sp³-hybridized carbons (Fsp3) is 0.517. The molecule has 35 heavy (non-hydrogen) atoms. The van der Waals surface area contributed by atoms with E-state index < -0.39 is 5.41 Å². The largest absolute Gasteiger partial charge is 0.493 e. The molecule has 0 aliphatic heterocycles. The molecule has 0 atom stereocenters. The minimum atomic E-state index is -0.496. The lowest BCUT2D eigenvalue weighted by molar-refractivity contribution is -0.126. The molecule has 5 nitrogen and oxygen atoms in total. The van der Waals surface area contributed by atoms with Gasteiger partial charge in [-0.3, -0.25) is 9.59 Å². The van der Waals surface area contributed by atoms with Crippen LogP contribution >= 0.6 is 11.8 Å². The third-order valence-electron chi connectivity index (χ3n) is 5.26. The summed E-state index contributed by atoms with van der Waals surface area (Å²) < 4.78 is 12.0. The summed E-state index contributed by atoms with van der Waals surface area (Å²) in [6.45, 7) is 18.0.